The molecular formula is C18H28N4O2. The van der Waals surface area contributed by atoms with Crippen molar-refractivity contribution in [2.75, 3.05) is 46.3 Å². The second-order valence-corrected chi connectivity index (χ2v) is 7.07. The summed E-state index contributed by atoms with van der Waals surface area (Å²) in [4.78, 5) is 33.8. The predicted molar refractivity (Wildman–Crippen MR) is 92.7 cm³/mol. The highest BCUT2D eigenvalue weighted by atomic mass is 16.2. The zero-order chi connectivity index (χ0) is 16.9. The SMILES string of the molecule is CN1CCC[C@H](CCC(=O)N2CCN(C(=O)c3ccc[nH]3)CC2)C1. The van der Waals surface area contributed by atoms with E-state index in [-0.39, 0.29) is 11.8 Å². The predicted octanol–water partition coefficient (Wildman–Crippen LogP) is 1.42. The van der Waals surface area contributed by atoms with E-state index < -0.39 is 0 Å². The molecule has 1 aromatic heterocycles. The second kappa shape index (κ2) is 7.83. The topological polar surface area (TPSA) is 59.7 Å². The Bertz CT molecular complexity index is 549. The number of amides is 2. The minimum atomic E-state index is 0.0253. The summed E-state index contributed by atoms with van der Waals surface area (Å²) in [5, 5.41) is 0. The molecule has 2 fully saturated rings. The van der Waals surface area contributed by atoms with Crippen molar-refractivity contribution in [3.8, 4) is 0 Å². The lowest BCUT2D eigenvalue weighted by atomic mass is 9.93. The van der Waals surface area contributed by atoms with Crippen LogP contribution in [0.4, 0.5) is 0 Å². The molecule has 1 atom stereocenters. The van der Waals surface area contributed by atoms with Crippen LogP contribution >= 0.6 is 0 Å². The van der Waals surface area contributed by atoms with Crippen LogP contribution in [0, 0.1) is 5.92 Å². The number of carbonyl (C=O) groups excluding carboxylic acids is 2. The number of piperidine rings is 1. The second-order valence-electron chi connectivity index (χ2n) is 7.07. The fourth-order valence-electron chi connectivity index (χ4n) is 3.79. The third kappa shape index (κ3) is 4.17. The summed E-state index contributed by atoms with van der Waals surface area (Å²) in [6, 6.07) is 3.62. The van der Waals surface area contributed by atoms with Crippen molar-refractivity contribution in [3.63, 3.8) is 0 Å². The van der Waals surface area contributed by atoms with Crippen LogP contribution in [0.2, 0.25) is 0 Å². The number of nitrogens with one attached hydrogen (secondary N) is 1. The van der Waals surface area contributed by atoms with Crippen LogP contribution in [-0.2, 0) is 4.79 Å². The summed E-state index contributed by atoms with van der Waals surface area (Å²) in [7, 11) is 2.16. The van der Waals surface area contributed by atoms with Crippen molar-refractivity contribution >= 4 is 11.8 Å². The molecule has 3 rings (SSSR count). The van der Waals surface area contributed by atoms with Crippen LogP contribution in [0.25, 0.3) is 0 Å². The van der Waals surface area contributed by atoms with Gasteiger partial charge >= 0.3 is 0 Å². The first-order valence-corrected chi connectivity index (χ1v) is 9.02. The molecule has 0 aliphatic carbocycles. The summed E-state index contributed by atoms with van der Waals surface area (Å²) in [5.41, 5.74) is 0.621. The molecule has 6 nitrogen and oxygen atoms in total. The number of piperazine rings is 1. The maximum absolute atomic E-state index is 12.4. The average molecular weight is 332 g/mol. The standard InChI is InChI=1S/C18H28N4O2/c1-20-9-3-4-15(14-20)6-7-17(23)21-10-12-22(13-11-21)18(24)16-5-2-8-19-16/h2,5,8,15,19H,3-4,6-7,9-14H2,1H3/t15-/m1/s1. The fourth-order valence-corrected chi connectivity index (χ4v) is 3.79. The summed E-state index contributed by atoms with van der Waals surface area (Å²) in [6.45, 7) is 4.84. The number of hydrogen-bond acceptors (Lipinski definition) is 3. The number of carbonyl (C=O) groups is 2. The molecule has 132 valence electrons. The first-order valence-electron chi connectivity index (χ1n) is 9.02. The Balaban J connectivity index is 1.41. The van der Waals surface area contributed by atoms with Crippen molar-refractivity contribution in [1.82, 2.24) is 19.7 Å². The average Bonchev–Trinajstić information content (AvgIpc) is 3.14. The molecular weight excluding hydrogens is 304 g/mol. The lowest BCUT2D eigenvalue weighted by Crippen LogP contribution is -2.50. The van der Waals surface area contributed by atoms with E-state index in [4.69, 9.17) is 0 Å². The Morgan fingerprint density at radius 2 is 1.92 bits per heavy atom. The van der Waals surface area contributed by atoms with Gasteiger partial charge in [0.15, 0.2) is 0 Å². The molecule has 2 aliphatic rings. The van der Waals surface area contributed by atoms with Crippen LogP contribution in [-0.4, -0.2) is 77.8 Å². The van der Waals surface area contributed by atoms with E-state index in [2.05, 4.69) is 16.9 Å². The molecule has 6 heteroatoms. The summed E-state index contributed by atoms with van der Waals surface area (Å²) >= 11 is 0. The number of aromatic amines is 1. The van der Waals surface area contributed by atoms with Gasteiger partial charge in [0.2, 0.25) is 5.91 Å². The van der Waals surface area contributed by atoms with Crippen molar-refractivity contribution < 1.29 is 9.59 Å². The van der Waals surface area contributed by atoms with Gasteiger partial charge in [-0.1, -0.05) is 0 Å². The normalized spacial score (nSPS) is 22.6. The molecule has 0 aromatic carbocycles. The zero-order valence-electron chi connectivity index (χ0n) is 14.5. The van der Waals surface area contributed by atoms with E-state index in [1.807, 2.05) is 15.9 Å². The third-order valence-electron chi connectivity index (χ3n) is 5.24. The molecule has 0 spiro atoms. The highest BCUT2D eigenvalue weighted by molar-refractivity contribution is 5.92. The number of likely N-dealkylation sites (tertiary alicyclic amines) is 1. The van der Waals surface area contributed by atoms with E-state index in [0.29, 0.717) is 44.2 Å². The van der Waals surface area contributed by atoms with Crippen LogP contribution in [0.5, 0.6) is 0 Å². The Morgan fingerprint density at radius 1 is 1.17 bits per heavy atom. The van der Waals surface area contributed by atoms with Gasteiger partial charge in [0, 0.05) is 45.3 Å². The molecule has 24 heavy (non-hydrogen) atoms. The van der Waals surface area contributed by atoms with Gasteiger partial charge in [-0.15, -0.1) is 0 Å². The number of hydrogen-bond donors (Lipinski definition) is 1. The highest BCUT2D eigenvalue weighted by Gasteiger charge is 2.26. The van der Waals surface area contributed by atoms with Gasteiger partial charge in [-0.25, -0.2) is 0 Å². The molecule has 0 saturated carbocycles. The number of aromatic nitrogens is 1. The largest absolute Gasteiger partial charge is 0.357 e. The Labute approximate surface area is 143 Å². The van der Waals surface area contributed by atoms with Gasteiger partial charge in [0.25, 0.3) is 5.91 Å². The number of H-pyrrole nitrogens is 1. The smallest absolute Gasteiger partial charge is 0.270 e. The Kier molecular flexibility index (Phi) is 5.56. The van der Waals surface area contributed by atoms with Gasteiger partial charge in [-0.2, -0.15) is 0 Å². The van der Waals surface area contributed by atoms with Gasteiger partial charge in [0.1, 0.15) is 5.69 Å². The molecule has 0 bridgehead atoms. The van der Waals surface area contributed by atoms with E-state index in [1.165, 1.54) is 19.4 Å². The van der Waals surface area contributed by atoms with Gasteiger partial charge < -0.3 is 19.7 Å². The first kappa shape index (κ1) is 17.0. The summed E-state index contributed by atoms with van der Waals surface area (Å²) < 4.78 is 0. The Morgan fingerprint density at radius 3 is 2.58 bits per heavy atom. The van der Waals surface area contributed by atoms with E-state index in [9.17, 15) is 9.59 Å². The lowest BCUT2D eigenvalue weighted by Gasteiger charge is -2.35. The minimum Gasteiger partial charge on any atom is -0.357 e. The molecule has 1 aromatic rings. The molecule has 2 saturated heterocycles. The quantitative estimate of drug-likeness (QED) is 0.907. The molecule has 0 unspecified atom stereocenters. The maximum Gasteiger partial charge on any atom is 0.270 e. The molecule has 3 heterocycles. The van der Waals surface area contributed by atoms with Gasteiger partial charge in [-0.3, -0.25) is 9.59 Å². The molecule has 2 aliphatic heterocycles. The van der Waals surface area contributed by atoms with Crippen LogP contribution in [0.1, 0.15) is 36.2 Å². The molecule has 2 amide bonds. The van der Waals surface area contributed by atoms with E-state index in [0.717, 1.165) is 13.0 Å². The van der Waals surface area contributed by atoms with Crippen molar-refractivity contribution in [2.45, 2.75) is 25.7 Å². The van der Waals surface area contributed by atoms with Crippen molar-refractivity contribution in [1.29, 1.82) is 0 Å². The van der Waals surface area contributed by atoms with E-state index in [1.54, 1.807) is 12.3 Å². The third-order valence-corrected chi connectivity index (χ3v) is 5.24. The summed E-state index contributed by atoms with van der Waals surface area (Å²) in [5.74, 6) is 0.927. The highest BCUT2D eigenvalue weighted by Crippen LogP contribution is 2.20. The number of rotatable bonds is 4. The van der Waals surface area contributed by atoms with Crippen molar-refractivity contribution in [2.24, 2.45) is 5.92 Å². The Hall–Kier alpha value is -1.82. The number of nitrogens with zero attached hydrogens (tertiary/aromatic N) is 3. The van der Waals surface area contributed by atoms with Gasteiger partial charge in [-0.05, 0) is 50.9 Å². The zero-order valence-corrected chi connectivity index (χ0v) is 14.5. The van der Waals surface area contributed by atoms with Crippen LogP contribution < -0.4 is 0 Å². The minimum absolute atomic E-state index is 0.0253. The maximum atomic E-state index is 12.4. The summed E-state index contributed by atoms with van der Waals surface area (Å²) in [6.07, 6.45) is 5.88. The van der Waals surface area contributed by atoms with Gasteiger partial charge in [0.05, 0.1) is 0 Å². The fraction of sp³-hybridized carbons (Fsp3) is 0.667. The van der Waals surface area contributed by atoms with Crippen molar-refractivity contribution in [3.05, 3.63) is 24.0 Å². The molecule has 1 N–H and O–H groups in total. The van der Waals surface area contributed by atoms with E-state index >= 15 is 0 Å². The van der Waals surface area contributed by atoms with Crippen LogP contribution in [0.3, 0.4) is 0 Å². The van der Waals surface area contributed by atoms with Crippen LogP contribution in [0.15, 0.2) is 18.3 Å². The molecule has 0 radical (unpaired) electrons. The lowest BCUT2D eigenvalue weighted by molar-refractivity contribution is -0.133. The first-order chi connectivity index (χ1) is 11.6. The monoisotopic (exact) mass is 332 g/mol.